The van der Waals surface area contributed by atoms with E-state index in [0.29, 0.717) is 5.92 Å². The van der Waals surface area contributed by atoms with Crippen LogP contribution in [0.2, 0.25) is 0 Å². The van der Waals surface area contributed by atoms with Crippen molar-refractivity contribution < 1.29 is 10.2 Å². The van der Waals surface area contributed by atoms with Crippen molar-refractivity contribution in [2.45, 2.75) is 90.4 Å². The molecule has 0 spiro atoms. The van der Waals surface area contributed by atoms with Crippen LogP contribution in [-0.4, -0.2) is 23.4 Å². The average molecular weight is 284 g/mol. The van der Waals surface area contributed by atoms with E-state index >= 15 is 0 Å². The molecule has 0 aromatic rings. The van der Waals surface area contributed by atoms with E-state index in [4.69, 9.17) is 0 Å². The van der Waals surface area contributed by atoms with Gasteiger partial charge in [0.05, 0.1) is 13.2 Å². The van der Waals surface area contributed by atoms with Gasteiger partial charge in [0.1, 0.15) is 0 Å². The second-order valence-corrected chi connectivity index (χ2v) is 6.88. The van der Waals surface area contributed by atoms with E-state index in [0.717, 1.165) is 6.42 Å². The minimum Gasteiger partial charge on any atom is -0.396 e. The smallest absolute Gasteiger partial charge is 0.0512 e. The van der Waals surface area contributed by atoms with E-state index in [1.165, 1.54) is 77.0 Å². The average Bonchev–Trinajstić information content (AvgIpc) is 3.01. The van der Waals surface area contributed by atoms with Gasteiger partial charge in [-0.25, -0.2) is 0 Å². The standard InChI is InChI=1S/C18H36O2/c1-2-3-4-5-6-7-8-11-14-18(15-19,16-20)17-12-9-10-13-17/h17,19-20H,2-16H2,1H3. The van der Waals surface area contributed by atoms with Gasteiger partial charge in [0.25, 0.3) is 0 Å². The van der Waals surface area contributed by atoms with Crippen LogP contribution in [0.1, 0.15) is 90.4 Å². The molecule has 0 heterocycles. The molecule has 1 rings (SSSR count). The number of hydrogen-bond donors (Lipinski definition) is 2. The van der Waals surface area contributed by atoms with Crippen molar-refractivity contribution in [2.24, 2.45) is 11.3 Å². The third-order valence-electron chi connectivity index (χ3n) is 5.38. The van der Waals surface area contributed by atoms with Crippen LogP contribution >= 0.6 is 0 Å². The Labute approximate surface area is 126 Å². The summed E-state index contributed by atoms with van der Waals surface area (Å²) in [6, 6.07) is 0. The highest BCUT2D eigenvalue weighted by Crippen LogP contribution is 2.43. The number of rotatable bonds is 12. The zero-order valence-electron chi connectivity index (χ0n) is 13.6. The van der Waals surface area contributed by atoms with Gasteiger partial charge < -0.3 is 10.2 Å². The molecule has 0 unspecified atom stereocenters. The Balaban J connectivity index is 2.16. The van der Waals surface area contributed by atoms with E-state index < -0.39 is 0 Å². The van der Waals surface area contributed by atoms with Gasteiger partial charge in [0.15, 0.2) is 0 Å². The maximum atomic E-state index is 9.78. The summed E-state index contributed by atoms with van der Waals surface area (Å²) in [5.74, 6) is 0.557. The van der Waals surface area contributed by atoms with Crippen LogP contribution in [0.5, 0.6) is 0 Å². The van der Waals surface area contributed by atoms with E-state index in [-0.39, 0.29) is 18.6 Å². The molecule has 1 fully saturated rings. The molecule has 0 aliphatic heterocycles. The number of unbranched alkanes of at least 4 members (excludes halogenated alkanes) is 7. The topological polar surface area (TPSA) is 40.5 Å². The molecule has 0 bridgehead atoms. The molecule has 1 saturated carbocycles. The molecule has 2 nitrogen and oxygen atoms in total. The van der Waals surface area contributed by atoms with Gasteiger partial charge in [-0.05, 0) is 25.2 Å². The van der Waals surface area contributed by atoms with Crippen LogP contribution in [0.25, 0.3) is 0 Å². The van der Waals surface area contributed by atoms with Gasteiger partial charge in [-0.2, -0.15) is 0 Å². The molecule has 2 heteroatoms. The van der Waals surface area contributed by atoms with Crippen LogP contribution in [0, 0.1) is 11.3 Å². The van der Waals surface area contributed by atoms with Crippen LogP contribution < -0.4 is 0 Å². The van der Waals surface area contributed by atoms with E-state index in [1.807, 2.05) is 0 Å². The van der Waals surface area contributed by atoms with Crippen LogP contribution in [-0.2, 0) is 0 Å². The summed E-state index contributed by atoms with van der Waals surface area (Å²) in [6.45, 7) is 2.60. The van der Waals surface area contributed by atoms with Crippen molar-refractivity contribution in [3.8, 4) is 0 Å². The molecule has 1 aliphatic rings. The minimum atomic E-state index is -0.182. The van der Waals surface area contributed by atoms with E-state index in [9.17, 15) is 10.2 Å². The maximum Gasteiger partial charge on any atom is 0.0512 e. The summed E-state index contributed by atoms with van der Waals surface area (Å²) in [7, 11) is 0. The Morgan fingerprint density at radius 3 is 1.80 bits per heavy atom. The lowest BCUT2D eigenvalue weighted by Gasteiger charge is -2.36. The summed E-state index contributed by atoms with van der Waals surface area (Å²) < 4.78 is 0. The number of aliphatic hydroxyl groups is 2. The largest absolute Gasteiger partial charge is 0.396 e. The lowest BCUT2D eigenvalue weighted by atomic mass is 9.72. The van der Waals surface area contributed by atoms with Gasteiger partial charge >= 0.3 is 0 Å². The molecule has 0 aromatic heterocycles. The molecular formula is C18H36O2. The van der Waals surface area contributed by atoms with Gasteiger partial charge in [-0.1, -0.05) is 71.1 Å². The van der Waals surface area contributed by atoms with Crippen molar-refractivity contribution >= 4 is 0 Å². The number of hydrogen-bond acceptors (Lipinski definition) is 2. The summed E-state index contributed by atoms with van der Waals surface area (Å²) in [4.78, 5) is 0. The molecule has 0 radical (unpaired) electrons. The monoisotopic (exact) mass is 284 g/mol. The van der Waals surface area contributed by atoms with E-state index in [1.54, 1.807) is 0 Å². The van der Waals surface area contributed by atoms with Gasteiger partial charge in [-0.15, -0.1) is 0 Å². The third-order valence-corrected chi connectivity index (χ3v) is 5.38. The van der Waals surface area contributed by atoms with Crippen molar-refractivity contribution in [3.05, 3.63) is 0 Å². The van der Waals surface area contributed by atoms with Gasteiger partial charge in [-0.3, -0.25) is 0 Å². The molecule has 120 valence electrons. The molecule has 2 N–H and O–H groups in total. The molecule has 1 aliphatic carbocycles. The molecule has 0 atom stereocenters. The van der Waals surface area contributed by atoms with E-state index in [2.05, 4.69) is 6.92 Å². The highest BCUT2D eigenvalue weighted by Gasteiger charge is 2.38. The van der Waals surface area contributed by atoms with Crippen LogP contribution in [0.3, 0.4) is 0 Å². The lowest BCUT2D eigenvalue weighted by molar-refractivity contribution is -0.00349. The summed E-state index contributed by atoms with van der Waals surface area (Å²) >= 11 is 0. The fraction of sp³-hybridized carbons (Fsp3) is 1.00. The summed E-state index contributed by atoms with van der Waals surface area (Å²) in [6.07, 6.45) is 16.6. The first-order valence-electron chi connectivity index (χ1n) is 9.01. The van der Waals surface area contributed by atoms with Crippen molar-refractivity contribution in [2.75, 3.05) is 13.2 Å². The third kappa shape index (κ3) is 5.73. The SMILES string of the molecule is CCCCCCCCCCC(CO)(CO)C1CCCC1. The summed E-state index contributed by atoms with van der Waals surface area (Å²) in [5.41, 5.74) is -0.182. The highest BCUT2D eigenvalue weighted by atomic mass is 16.3. The van der Waals surface area contributed by atoms with Crippen LogP contribution in [0.4, 0.5) is 0 Å². The first kappa shape index (κ1) is 18.0. The fourth-order valence-corrected chi connectivity index (χ4v) is 3.82. The predicted molar refractivity (Wildman–Crippen MR) is 85.8 cm³/mol. The zero-order chi connectivity index (χ0) is 14.7. The predicted octanol–water partition coefficient (Wildman–Crippen LogP) is 4.68. The Kier molecular flexibility index (Phi) is 9.54. The van der Waals surface area contributed by atoms with Crippen LogP contribution in [0.15, 0.2) is 0 Å². The number of aliphatic hydroxyl groups excluding tert-OH is 2. The molecular weight excluding hydrogens is 248 g/mol. The van der Waals surface area contributed by atoms with Crippen molar-refractivity contribution in [1.29, 1.82) is 0 Å². The normalized spacial score (nSPS) is 16.9. The lowest BCUT2D eigenvalue weighted by Crippen LogP contribution is -2.37. The maximum absolute atomic E-state index is 9.78. The van der Waals surface area contributed by atoms with Crippen molar-refractivity contribution in [3.63, 3.8) is 0 Å². The first-order valence-corrected chi connectivity index (χ1v) is 9.01. The fourth-order valence-electron chi connectivity index (χ4n) is 3.82. The second kappa shape index (κ2) is 10.6. The Morgan fingerprint density at radius 1 is 0.800 bits per heavy atom. The zero-order valence-corrected chi connectivity index (χ0v) is 13.6. The summed E-state index contributed by atoms with van der Waals surface area (Å²) in [5, 5.41) is 19.6. The second-order valence-electron chi connectivity index (χ2n) is 6.88. The Morgan fingerprint density at radius 2 is 1.30 bits per heavy atom. The Bertz CT molecular complexity index is 217. The Hall–Kier alpha value is -0.0800. The quantitative estimate of drug-likeness (QED) is 0.511. The van der Waals surface area contributed by atoms with Crippen molar-refractivity contribution in [1.82, 2.24) is 0 Å². The highest BCUT2D eigenvalue weighted by molar-refractivity contribution is 4.88. The molecule has 20 heavy (non-hydrogen) atoms. The first-order chi connectivity index (χ1) is 9.79. The molecule has 0 saturated heterocycles. The van der Waals surface area contributed by atoms with Gasteiger partial charge in [0, 0.05) is 5.41 Å². The van der Waals surface area contributed by atoms with Gasteiger partial charge in [0.2, 0.25) is 0 Å². The minimum absolute atomic E-state index is 0.171. The molecule has 0 aromatic carbocycles. The molecule has 0 amide bonds.